The summed E-state index contributed by atoms with van der Waals surface area (Å²) in [6, 6.07) is 5.72. The van der Waals surface area contributed by atoms with Gasteiger partial charge in [-0.15, -0.1) is 4.90 Å². The number of hydrogen-bond acceptors (Lipinski definition) is 9. The highest BCUT2D eigenvalue weighted by Crippen LogP contribution is 2.35. The van der Waals surface area contributed by atoms with Gasteiger partial charge in [0.1, 0.15) is 10.8 Å². The highest BCUT2D eigenvalue weighted by molar-refractivity contribution is 8.40. The molecule has 0 amide bonds. The number of rotatable bonds is 5. The summed E-state index contributed by atoms with van der Waals surface area (Å²) >= 11 is 2.79. The van der Waals surface area contributed by atoms with Crippen molar-refractivity contribution < 1.29 is 19.2 Å². The van der Waals surface area contributed by atoms with Crippen LogP contribution >= 0.6 is 23.5 Å². The molecule has 152 valence electrons. The lowest BCUT2D eigenvalue weighted by molar-refractivity contribution is -0.388. The summed E-state index contributed by atoms with van der Waals surface area (Å²) in [6.45, 7) is 3.48. The Balaban J connectivity index is 1.70. The summed E-state index contributed by atoms with van der Waals surface area (Å²) in [7, 11) is 1.61. The molecule has 2 aliphatic rings. The molecule has 0 fully saturated rings. The van der Waals surface area contributed by atoms with Crippen LogP contribution in [0.2, 0.25) is 0 Å². The maximum Gasteiger partial charge on any atom is 0.391 e. The number of aryl methyl sites for hydroxylation is 1. The third-order valence-electron chi connectivity index (χ3n) is 3.94. The second kappa shape index (κ2) is 9.10. The number of ether oxygens (including phenoxy) is 2. The lowest BCUT2D eigenvalue weighted by Gasteiger charge is -2.12. The molecular formula is C19H18N3O5S2-. The summed E-state index contributed by atoms with van der Waals surface area (Å²) in [5.41, 5.74) is 5.69. The predicted octanol–water partition coefficient (Wildman–Crippen LogP) is 3.48. The molecule has 1 aromatic carbocycles. The first-order valence-corrected chi connectivity index (χ1v) is 10.3. The summed E-state index contributed by atoms with van der Waals surface area (Å²) < 4.78 is 11.2. The maximum absolute atomic E-state index is 11.7. The number of carbonyl (C=O) groups is 1. The summed E-state index contributed by atoms with van der Waals surface area (Å²) in [4.78, 5) is 11.1. The fraction of sp³-hybridized carbons (Fsp3) is 0.211. The van der Waals surface area contributed by atoms with Crippen LogP contribution in [0, 0.1) is 17.3 Å². The number of carbonyl (C=O) groups excluding carboxylic acids is 1. The number of nitrogens with one attached hydrogen (secondary N) is 1. The van der Waals surface area contributed by atoms with Crippen molar-refractivity contribution in [3.05, 3.63) is 68.8 Å². The average molecular weight is 433 g/mol. The lowest BCUT2D eigenvalue weighted by atomic mass is 10.0. The molecule has 1 aromatic rings. The summed E-state index contributed by atoms with van der Waals surface area (Å²) in [5, 5.41) is 26.3. The van der Waals surface area contributed by atoms with E-state index in [1.165, 1.54) is 42.6 Å². The van der Waals surface area contributed by atoms with Crippen LogP contribution in [0.1, 0.15) is 18.1 Å². The number of ketones is 1. The molecule has 0 bridgehead atoms. The Labute approximate surface area is 176 Å². The van der Waals surface area contributed by atoms with Gasteiger partial charge in [0.2, 0.25) is 0 Å². The SMILES string of the molecule is COc1ccc(/C(=C\C(C)=O)CSC2=NNC(=C3C=CC(=[N+]([O-])[O-])O3)S2)c(C)c1. The van der Waals surface area contributed by atoms with Crippen molar-refractivity contribution in [3.8, 4) is 5.75 Å². The molecule has 10 heteroatoms. The van der Waals surface area contributed by atoms with Gasteiger partial charge in [-0.3, -0.25) is 10.2 Å². The Hall–Kier alpha value is -2.85. The van der Waals surface area contributed by atoms with Crippen molar-refractivity contribution in [2.24, 2.45) is 5.10 Å². The summed E-state index contributed by atoms with van der Waals surface area (Å²) in [5.74, 6) is 1.29. The quantitative estimate of drug-likeness (QED) is 0.428. The third kappa shape index (κ3) is 5.15. The second-order valence-electron chi connectivity index (χ2n) is 6.07. The molecule has 0 aliphatic carbocycles. The van der Waals surface area contributed by atoms with Crippen LogP contribution in [0.3, 0.4) is 0 Å². The molecule has 0 saturated heterocycles. The first-order chi connectivity index (χ1) is 13.9. The van der Waals surface area contributed by atoms with Crippen molar-refractivity contribution in [3.63, 3.8) is 0 Å². The molecule has 0 aromatic heterocycles. The Morgan fingerprint density at radius 3 is 2.83 bits per heavy atom. The topological polar surface area (TPSA) is 109 Å². The molecule has 2 aliphatic heterocycles. The van der Waals surface area contributed by atoms with Gasteiger partial charge in [-0.25, -0.2) is 0 Å². The van der Waals surface area contributed by atoms with Gasteiger partial charge in [-0.05, 0) is 66.6 Å². The van der Waals surface area contributed by atoms with Gasteiger partial charge < -0.3 is 19.9 Å². The monoisotopic (exact) mass is 432 g/mol. The smallest absolute Gasteiger partial charge is 0.391 e. The van der Waals surface area contributed by atoms with Crippen molar-refractivity contribution in [1.29, 1.82) is 0 Å². The Kier molecular flexibility index (Phi) is 6.55. The van der Waals surface area contributed by atoms with Crippen LogP contribution < -0.4 is 10.2 Å². The van der Waals surface area contributed by atoms with Crippen molar-refractivity contribution >= 4 is 45.2 Å². The van der Waals surface area contributed by atoms with Gasteiger partial charge in [0.05, 0.1) is 13.2 Å². The van der Waals surface area contributed by atoms with Gasteiger partial charge in [0.25, 0.3) is 0 Å². The zero-order valence-corrected chi connectivity index (χ0v) is 17.6. The number of allylic oxidation sites excluding steroid dienone is 2. The first kappa shape index (κ1) is 20.9. The van der Waals surface area contributed by atoms with E-state index < -0.39 is 4.90 Å². The highest BCUT2D eigenvalue weighted by Gasteiger charge is 2.24. The van der Waals surface area contributed by atoms with E-state index in [1.54, 1.807) is 13.2 Å². The molecule has 0 unspecified atom stereocenters. The van der Waals surface area contributed by atoms with Crippen molar-refractivity contribution in [2.45, 2.75) is 13.8 Å². The first-order valence-electron chi connectivity index (χ1n) is 8.49. The van der Waals surface area contributed by atoms with Crippen molar-refractivity contribution in [1.82, 2.24) is 5.43 Å². The minimum Gasteiger partial charge on any atom is -0.610 e. The molecule has 1 N–H and O–H groups in total. The maximum atomic E-state index is 11.7. The van der Waals surface area contributed by atoms with Crippen LogP contribution in [0.15, 0.2) is 52.3 Å². The fourth-order valence-corrected chi connectivity index (χ4v) is 4.51. The lowest BCUT2D eigenvalue weighted by Crippen LogP contribution is -2.08. The van der Waals surface area contributed by atoms with E-state index in [0.29, 0.717) is 16.5 Å². The van der Waals surface area contributed by atoms with Gasteiger partial charge in [-0.1, -0.05) is 17.8 Å². The van der Waals surface area contributed by atoms with Crippen LogP contribution in [-0.4, -0.2) is 33.8 Å². The molecule has 0 atom stereocenters. The zero-order valence-electron chi connectivity index (χ0n) is 15.9. The van der Waals surface area contributed by atoms with E-state index >= 15 is 0 Å². The highest BCUT2D eigenvalue weighted by atomic mass is 32.2. The number of thioether (sulfide) groups is 2. The van der Waals surface area contributed by atoms with E-state index in [1.807, 2.05) is 25.1 Å². The zero-order chi connectivity index (χ0) is 21.0. The molecule has 8 nitrogen and oxygen atoms in total. The number of nitrogens with zero attached hydrogens (tertiary/aromatic N) is 2. The van der Waals surface area contributed by atoms with E-state index in [4.69, 9.17) is 9.47 Å². The predicted molar refractivity (Wildman–Crippen MR) is 116 cm³/mol. The number of methoxy groups -OCH3 is 1. The van der Waals surface area contributed by atoms with E-state index in [-0.39, 0.29) is 11.7 Å². The molecule has 2 heterocycles. The van der Waals surface area contributed by atoms with Gasteiger partial charge in [0.15, 0.2) is 15.9 Å². The molecule has 0 radical (unpaired) electrons. The molecule has 3 rings (SSSR count). The Bertz CT molecular complexity index is 992. The molecule has 29 heavy (non-hydrogen) atoms. The number of benzene rings is 1. The minimum absolute atomic E-state index is 0.0369. The minimum atomic E-state index is -0.587. The largest absolute Gasteiger partial charge is 0.610 e. The number of hydrazone groups is 1. The summed E-state index contributed by atoms with van der Waals surface area (Å²) in [6.07, 6.45) is 4.45. The van der Waals surface area contributed by atoms with Gasteiger partial charge >= 0.3 is 5.90 Å². The molecular weight excluding hydrogens is 414 g/mol. The average Bonchev–Trinajstić information content (AvgIpc) is 3.34. The molecule has 0 saturated carbocycles. The normalized spacial score (nSPS) is 18.4. The van der Waals surface area contributed by atoms with E-state index in [9.17, 15) is 15.2 Å². The van der Waals surface area contributed by atoms with Crippen LogP contribution in [0.25, 0.3) is 5.57 Å². The van der Waals surface area contributed by atoms with Crippen LogP contribution in [0.5, 0.6) is 5.75 Å². The van der Waals surface area contributed by atoms with Crippen molar-refractivity contribution in [2.75, 3.05) is 12.9 Å². The van der Waals surface area contributed by atoms with Crippen LogP contribution in [0.4, 0.5) is 0 Å². The Morgan fingerprint density at radius 1 is 1.41 bits per heavy atom. The standard InChI is InChI=1S/C19H18N3O5S2/c1-11-8-14(26-3)4-5-15(11)13(9-12(2)23)10-28-19-21-20-18(29-19)16-6-7-17(27-16)22(24)25/h4-9,20H,10H2,1-3H3/q-1/b13-9-,18-16?. The Morgan fingerprint density at radius 2 is 2.21 bits per heavy atom. The third-order valence-corrected chi connectivity index (χ3v) is 6.10. The van der Waals surface area contributed by atoms with E-state index in [2.05, 4.69) is 10.5 Å². The number of hydrogen-bond donors (Lipinski definition) is 1. The second-order valence-corrected chi connectivity index (χ2v) is 8.29. The van der Waals surface area contributed by atoms with Crippen LogP contribution in [-0.2, 0) is 9.53 Å². The fourth-order valence-electron chi connectivity index (χ4n) is 2.65. The van der Waals surface area contributed by atoms with E-state index in [0.717, 1.165) is 26.8 Å². The van der Waals surface area contributed by atoms with Gasteiger partial charge in [-0.2, -0.15) is 5.10 Å². The van der Waals surface area contributed by atoms with Gasteiger partial charge in [0, 0.05) is 5.75 Å². The molecule has 0 spiro atoms.